The maximum Gasteiger partial charge on any atom is 0.221 e. The van der Waals surface area contributed by atoms with Gasteiger partial charge in [-0.3, -0.25) is 4.79 Å². The average Bonchev–Trinajstić information content (AvgIpc) is 2.67. The van der Waals surface area contributed by atoms with Crippen molar-refractivity contribution in [1.82, 2.24) is 10.5 Å². The third-order valence-electron chi connectivity index (χ3n) is 2.06. The fourth-order valence-corrected chi connectivity index (χ4v) is 1.30. The quantitative estimate of drug-likeness (QED) is 0.729. The van der Waals surface area contributed by atoms with Crippen molar-refractivity contribution in [1.29, 1.82) is 0 Å². The van der Waals surface area contributed by atoms with Crippen LogP contribution >= 0.6 is 0 Å². The largest absolute Gasteiger partial charge is 0.364 e. The summed E-state index contributed by atoms with van der Waals surface area (Å²) in [6, 6.07) is 1.67. The summed E-state index contributed by atoms with van der Waals surface area (Å²) < 4.78 is 4.64. The number of hydrogen-bond donors (Lipinski definition) is 2. The van der Waals surface area contributed by atoms with E-state index in [0.29, 0.717) is 18.7 Å². The molecule has 84 valence electrons. The Bertz CT molecular complexity index is 285. The molecule has 0 aromatic carbocycles. The Morgan fingerprint density at radius 3 is 3.13 bits per heavy atom. The molecule has 1 rings (SSSR count). The molecule has 1 aromatic heterocycles. The van der Waals surface area contributed by atoms with Gasteiger partial charge in [-0.05, 0) is 6.42 Å². The van der Waals surface area contributed by atoms with Crippen molar-refractivity contribution in [3.8, 4) is 0 Å². The molecule has 1 heterocycles. The molecular formula is C10H17N3O2. The number of nitrogens with zero attached hydrogens (tertiary/aromatic N) is 1. The number of rotatable bonds is 6. The van der Waals surface area contributed by atoms with Gasteiger partial charge in [-0.15, -0.1) is 0 Å². The molecule has 1 aromatic rings. The molecular weight excluding hydrogens is 194 g/mol. The second-order valence-electron chi connectivity index (χ2n) is 3.52. The van der Waals surface area contributed by atoms with Crippen LogP contribution in [0.15, 0.2) is 16.9 Å². The molecule has 0 fully saturated rings. The van der Waals surface area contributed by atoms with Crippen LogP contribution in [0.3, 0.4) is 0 Å². The van der Waals surface area contributed by atoms with E-state index in [1.165, 1.54) is 6.26 Å². The smallest absolute Gasteiger partial charge is 0.221 e. The van der Waals surface area contributed by atoms with E-state index in [1.807, 2.05) is 6.92 Å². The Morgan fingerprint density at radius 2 is 2.53 bits per heavy atom. The monoisotopic (exact) mass is 211 g/mol. The highest BCUT2D eigenvalue weighted by Crippen LogP contribution is 1.99. The first-order valence-electron chi connectivity index (χ1n) is 5.14. The van der Waals surface area contributed by atoms with E-state index in [1.54, 1.807) is 6.07 Å². The SMILES string of the molecule is CCCC(N)CC(=O)NCc1ccon1. The summed E-state index contributed by atoms with van der Waals surface area (Å²) in [6.07, 6.45) is 3.71. The molecule has 0 aliphatic heterocycles. The summed E-state index contributed by atoms with van der Waals surface area (Å²) >= 11 is 0. The first-order valence-corrected chi connectivity index (χ1v) is 5.14. The van der Waals surface area contributed by atoms with Gasteiger partial charge >= 0.3 is 0 Å². The topological polar surface area (TPSA) is 81.2 Å². The predicted molar refractivity (Wildman–Crippen MR) is 55.9 cm³/mol. The number of nitrogens with two attached hydrogens (primary N) is 1. The fourth-order valence-electron chi connectivity index (χ4n) is 1.30. The summed E-state index contributed by atoms with van der Waals surface area (Å²) in [4.78, 5) is 11.4. The Balaban J connectivity index is 2.19. The van der Waals surface area contributed by atoms with Gasteiger partial charge in [-0.1, -0.05) is 18.5 Å². The average molecular weight is 211 g/mol. The van der Waals surface area contributed by atoms with Gasteiger partial charge in [0.05, 0.1) is 6.54 Å². The van der Waals surface area contributed by atoms with Crippen molar-refractivity contribution < 1.29 is 9.32 Å². The third kappa shape index (κ3) is 4.60. The molecule has 5 heteroatoms. The molecule has 1 amide bonds. The molecule has 1 unspecified atom stereocenters. The van der Waals surface area contributed by atoms with E-state index in [2.05, 4.69) is 15.0 Å². The second-order valence-corrected chi connectivity index (χ2v) is 3.52. The van der Waals surface area contributed by atoms with Crippen molar-refractivity contribution in [3.63, 3.8) is 0 Å². The lowest BCUT2D eigenvalue weighted by Gasteiger charge is -2.09. The van der Waals surface area contributed by atoms with Crippen LogP contribution in [0.1, 0.15) is 31.9 Å². The van der Waals surface area contributed by atoms with Crippen LogP contribution in [0.2, 0.25) is 0 Å². The van der Waals surface area contributed by atoms with Gasteiger partial charge in [0.2, 0.25) is 5.91 Å². The molecule has 0 bridgehead atoms. The van der Waals surface area contributed by atoms with Gasteiger partial charge in [0.25, 0.3) is 0 Å². The number of amides is 1. The first kappa shape index (κ1) is 11.7. The maximum atomic E-state index is 11.4. The van der Waals surface area contributed by atoms with Gasteiger partial charge < -0.3 is 15.6 Å². The minimum atomic E-state index is -0.0488. The minimum absolute atomic E-state index is 0.0426. The molecule has 0 aliphatic rings. The highest BCUT2D eigenvalue weighted by molar-refractivity contribution is 5.76. The summed E-state index contributed by atoms with van der Waals surface area (Å²) in [6.45, 7) is 2.45. The lowest BCUT2D eigenvalue weighted by atomic mass is 10.1. The van der Waals surface area contributed by atoms with Crippen LogP contribution in [-0.2, 0) is 11.3 Å². The van der Waals surface area contributed by atoms with Gasteiger partial charge in [-0.25, -0.2) is 0 Å². The fraction of sp³-hybridized carbons (Fsp3) is 0.600. The number of carbonyl (C=O) groups excluding carboxylic acids is 1. The zero-order valence-corrected chi connectivity index (χ0v) is 8.90. The van der Waals surface area contributed by atoms with Crippen LogP contribution in [0.25, 0.3) is 0 Å². The van der Waals surface area contributed by atoms with E-state index >= 15 is 0 Å². The molecule has 0 radical (unpaired) electrons. The summed E-state index contributed by atoms with van der Waals surface area (Å²) in [5.41, 5.74) is 6.45. The number of carbonyl (C=O) groups is 1. The number of aromatic nitrogens is 1. The first-order chi connectivity index (χ1) is 7.22. The van der Waals surface area contributed by atoms with Crippen molar-refractivity contribution in [2.45, 2.75) is 38.8 Å². The molecule has 0 spiro atoms. The molecule has 0 aliphatic carbocycles. The van der Waals surface area contributed by atoms with Crippen molar-refractivity contribution in [3.05, 3.63) is 18.0 Å². The molecule has 15 heavy (non-hydrogen) atoms. The highest BCUT2D eigenvalue weighted by atomic mass is 16.5. The summed E-state index contributed by atoms with van der Waals surface area (Å²) in [5, 5.41) is 6.42. The normalized spacial score (nSPS) is 12.4. The lowest BCUT2D eigenvalue weighted by molar-refractivity contribution is -0.121. The van der Waals surface area contributed by atoms with E-state index in [0.717, 1.165) is 12.8 Å². The van der Waals surface area contributed by atoms with E-state index in [-0.39, 0.29) is 11.9 Å². The highest BCUT2D eigenvalue weighted by Gasteiger charge is 2.08. The Kier molecular flexibility index (Phi) is 4.83. The van der Waals surface area contributed by atoms with Crippen molar-refractivity contribution in [2.75, 3.05) is 0 Å². The summed E-state index contributed by atoms with van der Waals surface area (Å²) in [7, 11) is 0. The number of hydrogen-bond acceptors (Lipinski definition) is 4. The van der Waals surface area contributed by atoms with Gasteiger partial charge in [0.15, 0.2) is 0 Å². The van der Waals surface area contributed by atoms with Crippen LogP contribution in [-0.4, -0.2) is 17.1 Å². The Morgan fingerprint density at radius 1 is 1.73 bits per heavy atom. The van der Waals surface area contributed by atoms with Gasteiger partial charge in [-0.2, -0.15) is 0 Å². The van der Waals surface area contributed by atoms with Crippen molar-refractivity contribution >= 4 is 5.91 Å². The predicted octanol–water partition coefficient (Wildman–Crippen LogP) is 0.808. The van der Waals surface area contributed by atoms with Crippen LogP contribution in [0.4, 0.5) is 0 Å². The zero-order valence-electron chi connectivity index (χ0n) is 8.90. The van der Waals surface area contributed by atoms with E-state index in [9.17, 15) is 4.79 Å². The maximum absolute atomic E-state index is 11.4. The second kappa shape index (κ2) is 6.19. The zero-order chi connectivity index (χ0) is 11.1. The molecule has 0 saturated carbocycles. The molecule has 0 saturated heterocycles. The minimum Gasteiger partial charge on any atom is -0.364 e. The molecule has 5 nitrogen and oxygen atoms in total. The third-order valence-corrected chi connectivity index (χ3v) is 2.06. The molecule has 3 N–H and O–H groups in total. The van der Waals surface area contributed by atoms with Crippen LogP contribution < -0.4 is 11.1 Å². The standard InChI is InChI=1S/C10H17N3O2/c1-2-3-8(11)6-10(14)12-7-9-4-5-15-13-9/h4-5,8H,2-3,6-7,11H2,1H3,(H,12,14). The van der Waals surface area contributed by atoms with Crippen LogP contribution in [0, 0.1) is 0 Å². The number of nitrogens with one attached hydrogen (secondary N) is 1. The Hall–Kier alpha value is -1.36. The molecule has 1 atom stereocenters. The lowest BCUT2D eigenvalue weighted by Crippen LogP contribution is -2.31. The van der Waals surface area contributed by atoms with E-state index in [4.69, 9.17) is 5.73 Å². The van der Waals surface area contributed by atoms with Gasteiger partial charge in [0.1, 0.15) is 12.0 Å². The van der Waals surface area contributed by atoms with E-state index < -0.39 is 0 Å². The van der Waals surface area contributed by atoms with Crippen LogP contribution in [0.5, 0.6) is 0 Å². The summed E-state index contributed by atoms with van der Waals surface area (Å²) in [5.74, 6) is -0.0426. The van der Waals surface area contributed by atoms with Gasteiger partial charge in [0, 0.05) is 18.5 Å². The van der Waals surface area contributed by atoms with Crippen molar-refractivity contribution in [2.24, 2.45) is 5.73 Å². The Labute approximate surface area is 89.0 Å².